The predicted molar refractivity (Wildman–Crippen MR) is 59.3 cm³/mol. The molecular formula is C10H20N2O4. The number of ether oxygens (including phenoxy) is 2. The van der Waals surface area contributed by atoms with Crippen molar-refractivity contribution in [3.05, 3.63) is 0 Å². The van der Waals surface area contributed by atoms with Gasteiger partial charge in [-0.25, -0.2) is 9.59 Å². The van der Waals surface area contributed by atoms with E-state index in [1.54, 1.807) is 27.8 Å². The third kappa shape index (κ3) is 6.92. The van der Waals surface area contributed by atoms with E-state index in [2.05, 4.69) is 5.32 Å². The molecule has 16 heavy (non-hydrogen) atoms. The van der Waals surface area contributed by atoms with Gasteiger partial charge in [0.05, 0.1) is 6.54 Å². The lowest BCUT2D eigenvalue weighted by Crippen LogP contribution is -2.36. The quantitative estimate of drug-likeness (QED) is 0.794. The normalized spacial score (nSPS) is 10.6. The second kappa shape index (κ2) is 6.19. The molecule has 0 spiro atoms. The average molecular weight is 232 g/mol. The summed E-state index contributed by atoms with van der Waals surface area (Å²) in [7, 11) is 3.06. The van der Waals surface area contributed by atoms with Crippen LogP contribution in [0.25, 0.3) is 0 Å². The number of carbonyl (C=O) groups is 2. The van der Waals surface area contributed by atoms with Crippen LogP contribution in [0, 0.1) is 0 Å². The summed E-state index contributed by atoms with van der Waals surface area (Å²) in [5.41, 5.74) is -0.521. The number of amides is 2. The largest absolute Gasteiger partial charge is 0.448 e. The van der Waals surface area contributed by atoms with E-state index in [9.17, 15) is 9.59 Å². The first-order valence-electron chi connectivity index (χ1n) is 5.05. The molecule has 0 aliphatic rings. The molecule has 0 heterocycles. The molecule has 0 aromatic rings. The molecule has 0 saturated carbocycles. The topological polar surface area (TPSA) is 67.9 Å². The van der Waals surface area contributed by atoms with Crippen LogP contribution in [0.5, 0.6) is 0 Å². The Balaban J connectivity index is 3.84. The van der Waals surface area contributed by atoms with E-state index < -0.39 is 17.8 Å². The van der Waals surface area contributed by atoms with E-state index in [0.29, 0.717) is 6.54 Å². The zero-order valence-corrected chi connectivity index (χ0v) is 10.5. The van der Waals surface area contributed by atoms with Crippen LogP contribution >= 0.6 is 0 Å². The van der Waals surface area contributed by atoms with Crippen LogP contribution in [-0.2, 0) is 9.47 Å². The van der Waals surface area contributed by atoms with Crippen LogP contribution in [0.4, 0.5) is 9.59 Å². The second-order valence-corrected chi connectivity index (χ2v) is 4.29. The number of carbonyl (C=O) groups excluding carboxylic acids is 2. The van der Waals surface area contributed by atoms with E-state index in [0.717, 1.165) is 0 Å². The SMILES string of the molecule is CNC(=O)OCCN(C)C(=O)OC(C)(C)C. The average Bonchev–Trinajstić information content (AvgIpc) is 2.14. The van der Waals surface area contributed by atoms with Gasteiger partial charge in [0.2, 0.25) is 0 Å². The zero-order chi connectivity index (χ0) is 12.8. The molecule has 0 unspecified atom stereocenters. The summed E-state index contributed by atoms with van der Waals surface area (Å²) in [4.78, 5) is 23.5. The lowest BCUT2D eigenvalue weighted by atomic mass is 10.2. The third-order valence-corrected chi connectivity index (χ3v) is 1.57. The number of hydrogen-bond donors (Lipinski definition) is 1. The zero-order valence-electron chi connectivity index (χ0n) is 10.5. The Morgan fingerprint density at radius 2 is 1.88 bits per heavy atom. The van der Waals surface area contributed by atoms with E-state index in [1.165, 1.54) is 11.9 Å². The fourth-order valence-corrected chi connectivity index (χ4v) is 0.779. The van der Waals surface area contributed by atoms with Gasteiger partial charge in [0.1, 0.15) is 12.2 Å². The van der Waals surface area contributed by atoms with Gasteiger partial charge >= 0.3 is 12.2 Å². The maximum absolute atomic E-state index is 11.5. The van der Waals surface area contributed by atoms with E-state index in [4.69, 9.17) is 9.47 Å². The highest BCUT2D eigenvalue weighted by atomic mass is 16.6. The molecule has 94 valence electrons. The first-order valence-corrected chi connectivity index (χ1v) is 5.05. The molecule has 0 radical (unpaired) electrons. The predicted octanol–water partition coefficient (Wildman–Crippen LogP) is 1.21. The second-order valence-electron chi connectivity index (χ2n) is 4.29. The van der Waals surface area contributed by atoms with Gasteiger partial charge < -0.3 is 19.7 Å². The van der Waals surface area contributed by atoms with Crippen molar-refractivity contribution in [1.29, 1.82) is 0 Å². The highest BCUT2D eigenvalue weighted by Gasteiger charge is 2.19. The Hall–Kier alpha value is -1.46. The minimum Gasteiger partial charge on any atom is -0.448 e. The molecule has 2 amide bonds. The molecule has 0 aliphatic carbocycles. The highest BCUT2D eigenvalue weighted by molar-refractivity contribution is 5.68. The van der Waals surface area contributed by atoms with Gasteiger partial charge in [0.25, 0.3) is 0 Å². The van der Waals surface area contributed by atoms with Gasteiger partial charge in [-0.15, -0.1) is 0 Å². The maximum Gasteiger partial charge on any atom is 0.410 e. The van der Waals surface area contributed by atoms with Crippen molar-refractivity contribution >= 4 is 12.2 Å². The summed E-state index contributed by atoms with van der Waals surface area (Å²) in [6.45, 7) is 5.80. The fourth-order valence-electron chi connectivity index (χ4n) is 0.779. The minimum absolute atomic E-state index is 0.134. The van der Waals surface area contributed by atoms with Gasteiger partial charge in [-0.05, 0) is 20.8 Å². The molecule has 0 aliphatic heterocycles. The number of hydrogen-bond acceptors (Lipinski definition) is 4. The Labute approximate surface area is 95.9 Å². The molecule has 0 aromatic heterocycles. The molecule has 0 atom stereocenters. The monoisotopic (exact) mass is 232 g/mol. The minimum atomic E-state index is -0.521. The van der Waals surface area contributed by atoms with E-state index >= 15 is 0 Å². The molecule has 0 rings (SSSR count). The Morgan fingerprint density at radius 1 is 1.31 bits per heavy atom. The molecule has 0 saturated heterocycles. The van der Waals surface area contributed by atoms with Crippen LogP contribution < -0.4 is 5.32 Å². The van der Waals surface area contributed by atoms with Crippen molar-refractivity contribution in [2.75, 3.05) is 27.2 Å². The molecule has 6 heteroatoms. The van der Waals surface area contributed by atoms with Gasteiger partial charge in [-0.3, -0.25) is 0 Å². The lowest BCUT2D eigenvalue weighted by molar-refractivity contribution is 0.0261. The molecular weight excluding hydrogens is 212 g/mol. The molecule has 0 bridgehead atoms. The van der Waals surface area contributed by atoms with Gasteiger partial charge in [-0.1, -0.05) is 0 Å². The molecule has 0 aromatic carbocycles. The Bertz CT molecular complexity index is 248. The van der Waals surface area contributed by atoms with Gasteiger partial charge in [0.15, 0.2) is 0 Å². The summed E-state index contributed by atoms with van der Waals surface area (Å²) < 4.78 is 9.86. The molecule has 1 N–H and O–H groups in total. The first-order chi connectivity index (χ1) is 7.26. The Morgan fingerprint density at radius 3 is 2.31 bits per heavy atom. The van der Waals surface area contributed by atoms with Crippen molar-refractivity contribution in [2.24, 2.45) is 0 Å². The van der Waals surface area contributed by atoms with Crippen LogP contribution in [0.1, 0.15) is 20.8 Å². The Kier molecular flexibility index (Phi) is 5.63. The number of nitrogens with one attached hydrogen (secondary N) is 1. The van der Waals surface area contributed by atoms with E-state index in [-0.39, 0.29) is 6.61 Å². The van der Waals surface area contributed by atoms with Crippen LogP contribution in [0.15, 0.2) is 0 Å². The summed E-state index contributed by atoms with van der Waals surface area (Å²) in [5, 5.41) is 2.31. The molecule has 0 fully saturated rings. The van der Waals surface area contributed by atoms with Crippen molar-refractivity contribution in [2.45, 2.75) is 26.4 Å². The van der Waals surface area contributed by atoms with Crippen LogP contribution in [0.2, 0.25) is 0 Å². The fraction of sp³-hybridized carbons (Fsp3) is 0.800. The number of alkyl carbamates (subject to hydrolysis) is 1. The summed E-state index contributed by atoms with van der Waals surface area (Å²) in [5.74, 6) is 0. The summed E-state index contributed by atoms with van der Waals surface area (Å²) >= 11 is 0. The number of likely N-dealkylation sites (N-methyl/N-ethyl adjacent to an activating group) is 1. The standard InChI is InChI=1S/C10H20N2O4/c1-10(2,3)16-9(14)12(5)6-7-15-8(13)11-4/h6-7H2,1-5H3,(H,11,13). The van der Waals surface area contributed by atoms with Gasteiger partial charge in [-0.2, -0.15) is 0 Å². The van der Waals surface area contributed by atoms with Crippen molar-refractivity contribution in [3.63, 3.8) is 0 Å². The number of nitrogens with zero attached hydrogens (tertiary/aromatic N) is 1. The van der Waals surface area contributed by atoms with Crippen LogP contribution in [-0.4, -0.2) is 49.9 Å². The van der Waals surface area contributed by atoms with Gasteiger partial charge in [0, 0.05) is 14.1 Å². The maximum atomic E-state index is 11.5. The third-order valence-electron chi connectivity index (χ3n) is 1.57. The van der Waals surface area contributed by atoms with Crippen molar-refractivity contribution in [3.8, 4) is 0 Å². The lowest BCUT2D eigenvalue weighted by Gasteiger charge is -2.24. The van der Waals surface area contributed by atoms with Crippen LogP contribution in [0.3, 0.4) is 0 Å². The van der Waals surface area contributed by atoms with Crippen molar-refractivity contribution < 1.29 is 19.1 Å². The van der Waals surface area contributed by atoms with E-state index in [1.807, 2.05) is 0 Å². The highest BCUT2D eigenvalue weighted by Crippen LogP contribution is 2.08. The smallest absolute Gasteiger partial charge is 0.410 e. The summed E-state index contributed by atoms with van der Waals surface area (Å²) in [6.07, 6.45) is -0.953. The molecule has 6 nitrogen and oxygen atoms in total. The first kappa shape index (κ1) is 14.5. The summed E-state index contributed by atoms with van der Waals surface area (Å²) in [6, 6.07) is 0. The van der Waals surface area contributed by atoms with Crippen molar-refractivity contribution in [1.82, 2.24) is 10.2 Å². The number of rotatable bonds is 3.